The normalized spacial score (nSPS) is 20.9. The number of carbonyl (C=O) groups excluding carboxylic acids is 3. The number of nitrogens with one attached hydrogen (secondary N) is 1. The number of thioether (sulfide) groups is 1. The van der Waals surface area contributed by atoms with Gasteiger partial charge in [-0.15, -0.1) is 11.8 Å². The molecule has 1 aromatic heterocycles. The molecule has 0 aromatic carbocycles. The first-order valence-electron chi connectivity index (χ1n) is 8.41. The molecule has 160 valence electrons. The average molecular weight is 439 g/mol. The van der Waals surface area contributed by atoms with Crippen LogP contribution < -0.4 is 11.1 Å². The van der Waals surface area contributed by atoms with E-state index in [0.717, 1.165) is 11.2 Å². The lowest BCUT2D eigenvalue weighted by Gasteiger charge is -2.49. The molecule has 0 unspecified atom stereocenters. The van der Waals surface area contributed by atoms with E-state index in [0.29, 0.717) is 0 Å². The monoisotopic (exact) mass is 439 g/mol. The summed E-state index contributed by atoms with van der Waals surface area (Å²) < 4.78 is 9.72. The quantitative estimate of drug-likeness (QED) is 0.203. The van der Waals surface area contributed by atoms with Crippen molar-refractivity contribution in [3.05, 3.63) is 23.2 Å². The fourth-order valence-corrected chi connectivity index (χ4v) is 4.21. The van der Waals surface area contributed by atoms with Gasteiger partial charge in [0.15, 0.2) is 5.71 Å². The molecule has 0 saturated carbocycles. The number of oxime groups is 1. The Morgan fingerprint density at radius 3 is 2.80 bits per heavy atom. The number of ether oxygens (including phenoxy) is 1. The Morgan fingerprint density at radius 1 is 1.50 bits per heavy atom. The van der Waals surface area contributed by atoms with E-state index in [2.05, 4.69) is 20.3 Å². The Morgan fingerprint density at radius 2 is 2.23 bits per heavy atom. The Hall–Kier alpha value is -3.55. The lowest BCUT2D eigenvalue weighted by atomic mass is 10.0. The van der Waals surface area contributed by atoms with E-state index in [1.54, 1.807) is 0 Å². The number of nitrogens with zero attached hydrogens (tertiary/aromatic N) is 3. The molecule has 30 heavy (non-hydrogen) atoms. The standard InChI is InChI=1S/C16H17N5O8S/c1-6(22)28-3-7-5-30-14-10(13(24)21(14)11(7)15(25)26)19-12(23)9(20-27-2)8-4-29-16(17)18-8/h4,10,14H,3,5H2,1-2H3,(H2,17,18)(H,19,23)(H,25,26)/b20-9-/t10-,14-/m1/s1. The van der Waals surface area contributed by atoms with Crippen LogP contribution in [0.4, 0.5) is 6.01 Å². The van der Waals surface area contributed by atoms with E-state index in [1.165, 1.54) is 25.8 Å². The second-order valence-electron chi connectivity index (χ2n) is 6.09. The summed E-state index contributed by atoms with van der Waals surface area (Å²) in [5.74, 6) is -3.11. The number of rotatable bonds is 7. The molecular weight excluding hydrogens is 422 g/mol. The number of hydrogen-bond acceptors (Lipinski definition) is 11. The molecule has 1 fully saturated rings. The average Bonchev–Trinajstić information content (AvgIpc) is 3.13. The molecule has 13 nitrogen and oxygen atoms in total. The fraction of sp³-hybridized carbons (Fsp3) is 0.375. The summed E-state index contributed by atoms with van der Waals surface area (Å²) in [5.41, 5.74) is 5.16. The highest BCUT2D eigenvalue weighted by molar-refractivity contribution is 8.00. The van der Waals surface area contributed by atoms with Crippen LogP contribution in [0.2, 0.25) is 0 Å². The van der Waals surface area contributed by atoms with Crippen LogP contribution in [0, 0.1) is 0 Å². The maximum absolute atomic E-state index is 12.6. The van der Waals surface area contributed by atoms with E-state index < -0.39 is 35.2 Å². The molecule has 0 spiro atoms. The van der Waals surface area contributed by atoms with Gasteiger partial charge in [-0.3, -0.25) is 19.3 Å². The minimum atomic E-state index is -1.33. The zero-order valence-electron chi connectivity index (χ0n) is 15.8. The zero-order valence-corrected chi connectivity index (χ0v) is 16.6. The Balaban J connectivity index is 1.77. The van der Waals surface area contributed by atoms with Crippen LogP contribution in [-0.2, 0) is 28.8 Å². The Labute approximate surface area is 173 Å². The van der Waals surface area contributed by atoms with Gasteiger partial charge in [-0.1, -0.05) is 5.16 Å². The predicted molar refractivity (Wildman–Crippen MR) is 101 cm³/mol. The third-order valence-electron chi connectivity index (χ3n) is 4.15. The molecule has 2 aliphatic rings. The molecule has 0 bridgehead atoms. The molecule has 3 heterocycles. The van der Waals surface area contributed by atoms with Crippen LogP contribution in [0.5, 0.6) is 0 Å². The molecule has 2 atom stereocenters. The van der Waals surface area contributed by atoms with Gasteiger partial charge in [-0.25, -0.2) is 4.79 Å². The molecular formula is C16H17N5O8S. The van der Waals surface area contributed by atoms with Crippen LogP contribution in [0.25, 0.3) is 0 Å². The smallest absolute Gasteiger partial charge is 0.352 e. The van der Waals surface area contributed by atoms with Gasteiger partial charge in [0.1, 0.15) is 42.8 Å². The SMILES string of the molecule is CO/N=C(\C(=O)N[C@@H]1C(=O)N2C(C(=O)O)=C(COC(C)=O)CS[C@H]12)c1coc(N)n1. The second kappa shape index (κ2) is 8.44. The summed E-state index contributed by atoms with van der Waals surface area (Å²) in [6.07, 6.45) is 1.10. The van der Waals surface area contributed by atoms with Crippen LogP contribution in [0.3, 0.4) is 0 Å². The number of esters is 1. The van der Waals surface area contributed by atoms with Crippen molar-refractivity contribution in [2.75, 3.05) is 25.2 Å². The number of nitrogen functional groups attached to an aromatic ring is 1. The van der Waals surface area contributed by atoms with Gasteiger partial charge < -0.3 is 30.1 Å². The summed E-state index contributed by atoms with van der Waals surface area (Å²) in [5, 5.41) is 15.0. The minimum absolute atomic E-state index is 0.00145. The lowest BCUT2D eigenvalue weighted by molar-refractivity contribution is -0.150. The van der Waals surface area contributed by atoms with Crippen molar-refractivity contribution in [2.24, 2.45) is 5.16 Å². The van der Waals surface area contributed by atoms with Crippen molar-refractivity contribution in [2.45, 2.75) is 18.3 Å². The topological polar surface area (TPSA) is 187 Å². The Kier molecular flexibility index (Phi) is 5.96. The van der Waals surface area contributed by atoms with E-state index in [-0.39, 0.29) is 41.1 Å². The third kappa shape index (κ3) is 3.94. The van der Waals surface area contributed by atoms with Gasteiger partial charge in [-0.05, 0) is 0 Å². The zero-order chi connectivity index (χ0) is 22.0. The van der Waals surface area contributed by atoms with Crippen molar-refractivity contribution in [1.82, 2.24) is 15.2 Å². The largest absolute Gasteiger partial charge is 0.477 e. The Bertz CT molecular complexity index is 971. The lowest BCUT2D eigenvalue weighted by Crippen LogP contribution is -2.71. The van der Waals surface area contributed by atoms with Gasteiger partial charge in [0, 0.05) is 18.2 Å². The highest BCUT2D eigenvalue weighted by Gasteiger charge is 2.54. The molecule has 0 radical (unpaired) electrons. The predicted octanol–water partition coefficient (Wildman–Crippen LogP) is -1.09. The van der Waals surface area contributed by atoms with E-state index in [4.69, 9.17) is 14.9 Å². The molecule has 3 rings (SSSR count). The number of carboxylic acid groups (broad SMARTS) is 1. The number of carboxylic acids is 1. The van der Waals surface area contributed by atoms with E-state index in [9.17, 15) is 24.3 Å². The molecule has 2 amide bonds. The van der Waals surface area contributed by atoms with Gasteiger partial charge >= 0.3 is 11.9 Å². The maximum atomic E-state index is 12.6. The van der Waals surface area contributed by atoms with Crippen LogP contribution in [0.1, 0.15) is 12.6 Å². The van der Waals surface area contributed by atoms with Gasteiger partial charge in [0.25, 0.3) is 17.8 Å². The van der Waals surface area contributed by atoms with Crippen LogP contribution >= 0.6 is 11.8 Å². The first-order valence-corrected chi connectivity index (χ1v) is 9.46. The van der Waals surface area contributed by atoms with Crippen LogP contribution in [0.15, 0.2) is 27.1 Å². The number of aliphatic carboxylic acids is 1. The summed E-state index contributed by atoms with van der Waals surface area (Å²) >= 11 is 1.23. The minimum Gasteiger partial charge on any atom is -0.477 e. The number of β-lactam (4-membered cyclic amide) rings is 1. The van der Waals surface area contributed by atoms with Gasteiger partial charge in [-0.2, -0.15) is 4.98 Å². The molecule has 1 saturated heterocycles. The summed E-state index contributed by atoms with van der Waals surface area (Å²) in [6.45, 7) is 0.956. The molecule has 4 N–H and O–H groups in total. The molecule has 2 aliphatic heterocycles. The van der Waals surface area contributed by atoms with Crippen molar-refractivity contribution < 1.29 is 38.3 Å². The number of oxazole rings is 1. The number of nitrogens with two attached hydrogens (primary N) is 1. The van der Waals surface area contributed by atoms with E-state index in [1.807, 2.05) is 0 Å². The van der Waals surface area contributed by atoms with Gasteiger partial charge in [0.05, 0.1) is 0 Å². The number of carbonyl (C=O) groups is 4. The molecule has 1 aromatic rings. The third-order valence-corrected chi connectivity index (χ3v) is 5.49. The summed E-state index contributed by atoms with van der Waals surface area (Å²) in [4.78, 5) is 57.5. The molecule has 14 heteroatoms. The summed E-state index contributed by atoms with van der Waals surface area (Å²) in [6, 6.07) is -1.19. The van der Waals surface area contributed by atoms with Crippen molar-refractivity contribution in [1.29, 1.82) is 0 Å². The van der Waals surface area contributed by atoms with Gasteiger partial charge in [0.2, 0.25) is 0 Å². The fourth-order valence-electron chi connectivity index (χ4n) is 2.88. The summed E-state index contributed by atoms with van der Waals surface area (Å²) in [7, 11) is 1.22. The molecule has 0 aliphatic carbocycles. The first-order chi connectivity index (χ1) is 14.2. The number of amides is 2. The van der Waals surface area contributed by atoms with Crippen molar-refractivity contribution >= 4 is 47.2 Å². The highest BCUT2D eigenvalue weighted by atomic mass is 32.2. The van der Waals surface area contributed by atoms with Crippen LogP contribution in [-0.4, -0.2) is 75.3 Å². The number of hydrogen-bond donors (Lipinski definition) is 3. The number of anilines is 1. The van der Waals surface area contributed by atoms with E-state index >= 15 is 0 Å². The number of fused-ring (bicyclic) bond motifs is 1. The second-order valence-corrected chi connectivity index (χ2v) is 7.20. The number of aromatic nitrogens is 1. The maximum Gasteiger partial charge on any atom is 0.352 e. The van der Waals surface area contributed by atoms with Crippen molar-refractivity contribution in [3.63, 3.8) is 0 Å². The van der Waals surface area contributed by atoms with Crippen molar-refractivity contribution in [3.8, 4) is 0 Å². The highest BCUT2D eigenvalue weighted by Crippen LogP contribution is 2.40. The first kappa shape index (κ1) is 21.2.